The third-order valence-electron chi connectivity index (χ3n) is 2.80. The van der Waals surface area contributed by atoms with E-state index in [4.69, 9.17) is 11.6 Å². The van der Waals surface area contributed by atoms with Crippen molar-refractivity contribution in [3.8, 4) is 0 Å². The maximum absolute atomic E-state index is 11.7. The lowest BCUT2D eigenvalue weighted by molar-refractivity contribution is 0.0953. The van der Waals surface area contributed by atoms with E-state index in [1.165, 1.54) is 32.1 Å². The number of hydrogen-bond acceptors (Lipinski definition) is 2. The first-order valence-electron chi connectivity index (χ1n) is 6.63. The van der Waals surface area contributed by atoms with Gasteiger partial charge >= 0.3 is 0 Å². The van der Waals surface area contributed by atoms with Crippen molar-refractivity contribution in [1.82, 2.24) is 10.3 Å². The zero-order chi connectivity index (χ0) is 13.2. The van der Waals surface area contributed by atoms with E-state index >= 15 is 0 Å². The number of pyridine rings is 1. The van der Waals surface area contributed by atoms with E-state index in [9.17, 15) is 4.79 Å². The highest BCUT2D eigenvalue weighted by molar-refractivity contribution is 6.29. The average molecular weight is 269 g/mol. The number of halogens is 1. The minimum Gasteiger partial charge on any atom is -0.352 e. The first-order valence-corrected chi connectivity index (χ1v) is 7.01. The normalized spacial score (nSPS) is 10.3. The number of nitrogens with one attached hydrogen (secondary N) is 1. The Kier molecular flexibility index (Phi) is 7.42. The van der Waals surface area contributed by atoms with E-state index in [2.05, 4.69) is 17.2 Å². The van der Waals surface area contributed by atoms with Crippen molar-refractivity contribution in [2.24, 2.45) is 0 Å². The van der Waals surface area contributed by atoms with Gasteiger partial charge in [-0.3, -0.25) is 4.79 Å². The summed E-state index contributed by atoms with van der Waals surface area (Å²) in [6.45, 7) is 2.94. The van der Waals surface area contributed by atoms with Crippen LogP contribution in [0.5, 0.6) is 0 Å². The highest BCUT2D eigenvalue weighted by atomic mass is 35.5. The molecule has 0 unspecified atom stereocenters. The Morgan fingerprint density at radius 1 is 1.28 bits per heavy atom. The summed E-state index contributed by atoms with van der Waals surface area (Å²) < 4.78 is 0. The first kappa shape index (κ1) is 15.0. The van der Waals surface area contributed by atoms with Crippen LogP contribution < -0.4 is 5.32 Å². The van der Waals surface area contributed by atoms with Crippen LogP contribution in [0.2, 0.25) is 5.15 Å². The number of aromatic nitrogens is 1. The predicted octanol–water partition coefficient (Wildman–Crippen LogP) is 3.83. The maximum Gasteiger partial charge on any atom is 0.251 e. The van der Waals surface area contributed by atoms with Crippen LogP contribution in [0.1, 0.15) is 55.8 Å². The van der Waals surface area contributed by atoms with Gasteiger partial charge in [0, 0.05) is 18.3 Å². The Labute approximate surface area is 114 Å². The van der Waals surface area contributed by atoms with Crippen LogP contribution in [0, 0.1) is 0 Å². The average Bonchev–Trinajstić information content (AvgIpc) is 2.37. The molecule has 1 rings (SSSR count). The molecule has 1 aromatic rings. The zero-order valence-electron chi connectivity index (χ0n) is 10.9. The lowest BCUT2D eigenvalue weighted by Crippen LogP contribution is -2.24. The third-order valence-corrected chi connectivity index (χ3v) is 3.01. The first-order chi connectivity index (χ1) is 8.74. The molecule has 3 nitrogen and oxygen atoms in total. The van der Waals surface area contributed by atoms with Crippen molar-refractivity contribution in [1.29, 1.82) is 0 Å². The summed E-state index contributed by atoms with van der Waals surface area (Å²) in [7, 11) is 0. The molecule has 1 aromatic heterocycles. The quantitative estimate of drug-likeness (QED) is 0.575. The maximum atomic E-state index is 11.7. The second-order valence-corrected chi connectivity index (χ2v) is 4.78. The lowest BCUT2D eigenvalue weighted by Gasteiger charge is -2.05. The molecular weight excluding hydrogens is 248 g/mol. The van der Waals surface area contributed by atoms with Crippen LogP contribution in [0.3, 0.4) is 0 Å². The molecule has 0 atom stereocenters. The molecule has 1 amide bonds. The minimum atomic E-state index is -0.0761. The fourth-order valence-corrected chi connectivity index (χ4v) is 1.93. The molecule has 0 bridgehead atoms. The van der Waals surface area contributed by atoms with Crippen LogP contribution in [0.4, 0.5) is 0 Å². The SMILES string of the molecule is CCCCCCCCNC(=O)c1ccnc(Cl)c1. The monoisotopic (exact) mass is 268 g/mol. The molecule has 100 valence electrons. The van der Waals surface area contributed by atoms with E-state index in [1.807, 2.05) is 0 Å². The minimum absolute atomic E-state index is 0.0761. The van der Waals surface area contributed by atoms with Gasteiger partial charge in [0.15, 0.2) is 0 Å². The summed E-state index contributed by atoms with van der Waals surface area (Å²) in [6, 6.07) is 3.25. The van der Waals surface area contributed by atoms with Gasteiger partial charge in [-0.2, -0.15) is 0 Å². The summed E-state index contributed by atoms with van der Waals surface area (Å²) in [6.07, 6.45) is 8.88. The number of hydrogen-bond donors (Lipinski definition) is 1. The molecule has 0 saturated heterocycles. The fourth-order valence-electron chi connectivity index (χ4n) is 1.75. The van der Waals surface area contributed by atoms with Crippen molar-refractivity contribution in [2.75, 3.05) is 6.54 Å². The van der Waals surface area contributed by atoms with Gasteiger partial charge in [0.2, 0.25) is 0 Å². The van der Waals surface area contributed by atoms with Crippen LogP contribution in [-0.2, 0) is 0 Å². The van der Waals surface area contributed by atoms with E-state index in [-0.39, 0.29) is 5.91 Å². The van der Waals surface area contributed by atoms with E-state index < -0.39 is 0 Å². The Hall–Kier alpha value is -1.09. The zero-order valence-corrected chi connectivity index (χ0v) is 11.7. The van der Waals surface area contributed by atoms with Crippen LogP contribution in [-0.4, -0.2) is 17.4 Å². The molecule has 18 heavy (non-hydrogen) atoms. The number of unbranched alkanes of at least 4 members (excludes halogenated alkanes) is 5. The van der Waals surface area contributed by atoms with Crippen molar-refractivity contribution in [3.05, 3.63) is 29.0 Å². The van der Waals surface area contributed by atoms with Crippen molar-refractivity contribution in [2.45, 2.75) is 45.4 Å². The second kappa shape index (κ2) is 8.92. The highest BCUT2D eigenvalue weighted by Gasteiger charge is 2.04. The molecule has 0 radical (unpaired) electrons. The van der Waals surface area contributed by atoms with Crippen molar-refractivity contribution >= 4 is 17.5 Å². The molecule has 0 fully saturated rings. The van der Waals surface area contributed by atoms with E-state index in [1.54, 1.807) is 18.3 Å². The van der Waals surface area contributed by atoms with Gasteiger partial charge in [0.1, 0.15) is 5.15 Å². The number of carbonyl (C=O) groups excluding carboxylic acids is 1. The number of nitrogens with zero attached hydrogens (tertiary/aromatic N) is 1. The molecule has 0 saturated carbocycles. The third kappa shape index (κ3) is 6.01. The summed E-state index contributed by atoms with van der Waals surface area (Å²) >= 11 is 5.73. The Balaban J connectivity index is 2.14. The van der Waals surface area contributed by atoms with E-state index in [0.29, 0.717) is 10.7 Å². The van der Waals surface area contributed by atoms with Gasteiger partial charge in [-0.05, 0) is 18.6 Å². The summed E-state index contributed by atoms with van der Waals surface area (Å²) in [4.78, 5) is 15.6. The van der Waals surface area contributed by atoms with Gasteiger partial charge in [-0.15, -0.1) is 0 Å². The van der Waals surface area contributed by atoms with Gasteiger partial charge in [0.05, 0.1) is 0 Å². The molecule has 1 heterocycles. The smallest absolute Gasteiger partial charge is 0.251 e. The molecule has 1 N–H and O–H groups in total. The van der Waals surface area contributed by atoms with Crippen LogP contribution in [0.15, 0.2) is 18.3 Å². The van der Waals surface area contributed by atoms with E-state index in [0.717, 1.165) is 13.0 Å². The summed E-state index contributed by atoms with van der Waals surface area (Å²) in [5, 5.41) is 3.24. The molecule has 0 aliphatic rings. The molecule has 0 aliphatic carbocycles. The molecular formula is C14H21ClN2O. The van der Waals surface area contributed by atoms with Crippen LogP contribution in [0.25, 0.3) is 0 Å². The van der Waals surface area contributed by atoms with Gasteiger partial charge < -0.3 is 5.32 Å². The molecule has 0 aliphatic heterocycles. The molecule has 0 aromatic carbocycles. The molecule has 4 heteroatoms. The Bertz CT molecular complexity index is 369. The highest BCUT2D eigenvalue weighted by Crippen LogP contribution is 2.07. The Morgan fingerprint density at radius 3 is 2.72 bits per heavy atom. The second-order valence-electron chi connectivity index (χ2n) is 4.39. The van der Waals surface area contributed by atoms with Gasteiger partial charge in [-0.25, -0.2) is 4.98 Å². The number of carbonyl (C=O) groups is 1. The van der Waals surface area contributed by atoms with Gasteiger partial charge in [0.25, 0.3) is 5.91 Å². The summed E-state index contributed by atoms with van der Waals surface area (Å²) in [5.74, 6) is -0.0761. The fraction of sp³-hybridized carbons (Fsp3) is 0.571. The molecule has 0 spiro atoms. The largest absolute Gasteiger partial charge is 0.352 e. The topological polar surface area (TPSA) is 42.0 Å². The number of rotatable bonds is 8. The predicted molar refractivity (Wildman–Crippen MR) is 75.0 cm³/mol. The summed E-state index contributed by atoms with van der Waals surface area (Å²) in [5.41, 5.74) is 0.570. The van der Waals surface area contributed by atoms with Crippen molar-refractivity contribution in [3.63, 3.8) is 0 Å². The van der Waals surface area contributed by atoms with Crippen LogP contribution >= 0.6 is 11.6 Å². The number of amides is 1. The standard InChI is InChI=1S/C14H21ClN2O/c1-2-3-4-5-6-7-9-17-14(18)12-8-10-16-13(15)11-12/h8,10-11H,2-7,9H2,1H3,(H,17,18). The van der Waals surface area contributed by atoms with Crippen molar-refractivity contribution < 1.29 is 4.79 Å². The Morgan fingerprint density at radius 2 is 2.00 bits per heavy atom. The lowest BCUT2D eigenvalue weighted by atomic mass is 10.1. The van der Waals surface area contributed by atoms with Gasteiger partial charge in [-0.1, -0.05) is 50.6 Å².